The van der Waals surface area contributed by atoms with Crippen molar-refractivity contribution in [3.8, 4) is 11.3 Å². The molecule has 0 fully saturated rings. The first kappa shape index (κ1) is 13.5. The van der Waals surface area contributed by atoms with Crippen LogP contribution < -0.4 is 5.32 Å². The van der Waals surface area contributed by atoms with E-state index in [1.165, 1.54) is 0 Å². The standard InChI is InChI=1S/C18H15N5/c1-2-6-14(7-3-1)16-13-21-18-10-9-17(22-23(16)18)20-12-15-8-4-5-11-19-15/h1-11,13H,12H2,(H,20,22). The molecule has 4 rings (SSSR count). The summed E-state index contributed by atoms with van der Waals surface area (Å²) in [5.41, 5.74) is 3.87. The molecule has 0 aliphatic rings. The van der Waals surface area contributed by atoms with Crippen molar-refractivity contribution in [2.24, 2.45) is 0 Å². The highest BCUT2D eigenvalue weighted by molar-refractivity contribution is 5.63. The molecule has 5 heteroatoms. The molecule has 3 heterocycles. The van der Waals surface area contributed by atoms with E-state index < -0.39 is 0 Å². The highest BCUT2D eigenvalue weighted by Crippen LogP contribution is 2.20. The summed E-state index contributed by atoms with van der Waals surface area (Å²) < 4.78 is 1.86. The summed E-state index contributed by atoms with van der Waals surface area (Å²) >= 11 is 0. The highest BCUT2D eigenvalue weighted by Gasteiger charge is 2.07. The molecule has 0 unspecified atom stereocenters. The first-order valence-electron chi connectivity index (χ1n) is 7.44. The van der Waals surface area contributed by atoms with Gasteiger partial charge >= 0.3 is 0 Å². The number of nitrogens with zero attached hydrogens (tertiary/aromatic N) is 4. The Kier molecular flexibility index (Phi) is 3.44. The summed E-state index contributed by atoms with van der Waals surface area (Å²) in [6.07, 6.45) is 3.64. The van der Waals surface area contributed by atoms with Gasteiger partial charge in [-0.15, -0.1) is 5.10 Å². The van der Waals surface area contributed by atoms with Crippen molar-refractivity contribution in [1.82, 2.24) is 19.6 Å². The summed E-state index contributed by atoms with van der Waals surface area (Å²) in [6.45, 7) is 0.634. The maximum Gasteiger partial charge on any atom is 0.154 e. The predicted octanol–water partition coefficient (Wildman–Crippen LogP) is 3.40. The lowest BCUT2D eigenvalue weighted by Gasteiger charge is -2.06. The Morgan fingerprint density at radius 1 is 0.870 bits per heavy atom. The predicted molar refractivity (Wildman–Crippen MR) is 90.0 cm³/mol. The first-order valence-corrected chi connectivity index (χ1v) is 7.44. The molecule has 0 saturated carbocycles. The fourth-order valence-electron chi connectivity index (χ4n) is 2.46. The van der Waals surface area contributed by atoms with Crippen LogP contribution in [-0.2, 0) is 6.54 Å². The highest BCUT2D eigenvalue weighted by atomic mass is 15.3. The van der Waals surface area contributed by atoms with Crippen molar-refractivity contribution >= 4 is 11.5 Å². The SMILES string of the molecule is c1ccc(-c2cnc3ccc(NCc4ccccn4)nn23)cc1. The second kappa shape index (κ2) is 5.88. The second-order valence-electron chi connectivity index (χ2n) is 5.17. The summed E-state index contributed by atoms with van der Waals surface area (Å²) in [5.74, 6) is 0.790. The molecule has 23 heavy (non-hydrogen) atoms. The lowest BCUT2D eigenvalue weighted by molar-refractivity contribution is 0.923. The first-order chi connectivity index (χ1) is 11.4. The Hall–Kier alpha value is -3.21. The normalized spacial score (nSPS) is 10.8. The number of hydrogen-bond acceptors (Lipinski definition) is 4. The van der Waals surface area contributed by atoms with Crippen molar-refractivity contribution in [2.75, 3.05) is 5.32 Å². The molecule has 5 nitrogen and oxygen atoms in total. The molecule has 0 aliphatic heterocycles. The zero-order valence-electron chi connectivity index (χ0n) is 12.4. The smallest absolute Gasteiger partial charge is 0.154 e. The van der Waals surface area contributed by atoms with Gasteiger partial charge in [-0.1, -0.05) is 36.4 Å². The summed E-state index contributed by atoms with van der Waals surface area (Å²) in [6, 6.07) is 19.9. The van der Waals surface area contributed by atoms with E-state index in [-0.39, 0.29) is 0 Å². The molecule has 3 aromatic heterocycles. The van der Waals surface area contributed by atoms with Crippen LogP contribution in [0.25, 0.3) is 16.9 Å². The van der Waals surface area contributed by atoms with E-state index in [9.17, 15) is 0 Å². The van der Waals surface area contributed by atoms with Crippen molar-refractivity contribution in [1.29, 1.82) is 0 Å². The molecule has 1 aromatic carbocycles. The van der Waals surface area contributed by atoms with Gasteiger partial charge in [0.25, 0.3) is 0 Å². The molecule has 0 radical (unpaired) electrons. The quantitative estimate of drug-likeness (QED) is 0.627. The van der Waals surface area contributed by atoms with Crippen LogP contribution in [0, 0.1) is 0 Å². The molecule has 0 aliphatic carbocycles. The second-order valence-corrected chi connectivity index (χ2v) is 5.17. The van der Waals surface area contributed by atoms with Crippen molar-refractivity contribution < 1.29 is 0 Å². The minimum atomic E-state index is 0.634. The van der Waals surface area contributed by atoms with E-state index in [1.54, 1.807) is 6.20 Å². The van der Waals surface area contributed by atoms with Gasteiger partial charge in [-0.2, -0.15) is 0 Å². The zero-order valence-corrected chi connectivity index (χ0v) is 12.4. The average molecular weight is 301 g/mol. The molecular weight excluding hydrogens is 286 g/mol. The molecule has 0 spiro atoms. The number of anilines is 1. The Morgan fingerprint density at radius 2 is 1.74 bits per heavy atom. The fourth-order valence-corrected chi connectivity index (χ4v) is 2.46. The number of aromatic nitrogens is 4. The largest absolute Gasteiger partial charge is 0.363 e. The van der Waals surface area contributed by atoms with Gasteiger partial charge in [0, 0.05) is 11.8 Å². The van der Waals surface area contributed by atoms with Crippen LogP contribution in [0.2, 0.25) is 0 Å². The molecule has 0 saturated heterocycles. The topological polar surface area (TPSA) is 55.1 Å². The minimum absolute atomic E-state index is 0.634. The summed E-state index contributed by atoms with van der Waals surface area (Å²) in [7, 11) is 0. The third-order valence-corrected chi connectivity index (χ3v) is 3.61. The molecule has 0 bridgehead atoms. The molecular formula is C18H15N5. The molecule has 4 aromatic rings. The Labute approximate surface area is 133 Å². The lowest BCUT2D eigenvalue weighted by Crippen LogP contribution is -2.05. The maximum absolute atomic E-state index is 4.64. The van der Waals surface area contributed by atoms with Gasteiger partial charge in [0.2, 0.25) is 0 Å². The van der Waals surface area contributed by atoms with Crippen LogP contribution in [0.4, 0.5) is 5.82 Å². The molecule has 1 N–H and O–H groups in total. The lowest BCUT2D eigenvalue weighted by atomic mass is 10.2. The van der Waals surface area contributed by atoms with Crippen LogP contribution >= 0.6 is 0 Å². The number of hydrogen-bond donors (Lipinski definition) is 1. The number of pyridine rings is 1. The van der Waals surface area contributed by atoms with E-state index in [2.05, 4.69) is 32.5 Å². The number of nitrogens with one attached hydrogen (secondary N) is 1. The van der Waals surface area contributed by atoms with Gasteiger partial charge < -0.3 is 5.32 Å². The molecule has 112 valence electrons. The van der Waals surface area contributed by atoms with E-state index in [1.807, 2.05) is 59.2 Å². The Bertz CT molecular complexity index is 916. The number of benzene rings is 1. The number of fused-ring (bicyclic) bond motifs is 1. The van der Waals surface area contributed by atoms with Gasteiger partial charge in [-0.3, -0.25) is 4.98 Å². The van der Waals surface area contributed by atoms with Crippen molar-refractivity contribution in [3.05, 3.63) is 78.8 Å². The average Bonchev–Trinajstić information content (AvgIpc) is 3.05. The minimum Gasteiger partial charge on any atom is -0.363 e. The monoisotopic (exact) mass is 301 g/mol. The van der Waals surface area contributed by atoms with Crippen LogP contribution in [0.15, 0.2) is 73.1 Å². The fraction of sp³-hybridized carbons (Fsp3) is 0.0556. The van der Waals surface area contributed by atoms with E-state index >= 15 is 0 Å². The number of rotatable bonds is 4. The van der Waals surface area contributed by atoms with Gasteiger partial charge in [-0.25, -0.2) is 9.50 Å². The van der Waals surface area contributed by atoms with Crippen LogP contribution in [-0.4, -0.2) is 19.6 Å². The summed E-state index contributed by atoms with van der Waals surface area (Å²) in [5, 5.41) is 7.94. The Morgan fingerprint density at radius 3 is 2.57 bits per heavy atom. The Balaban J connectivity index is 1.65. The van der Waals surface area contributed by atoms with E-state index in [0.717, 1.165) is 28.4 Å². The van der Waals surface area contributed by atoms with Gasteiger partial charge in [0.05, 0.1) is 24.1 Å². The molecule has 0 atom stereocenters. The van der Waals surface area contributed by atoms with Crippen molar-refractivity contribution in [2.45, 2.75) is 6.54 Å². The van der Waals surface area contributed by atoms with E-state index in [4.69, 9.17) is 0 Å². The van der Waals surface area contributed by atoms with Crippen LogP contribution in [0.1, 0.15) is 5.69 Å². The van der Waals surface area contributed by atoms with Crippen LogP contribution in [0.3, 0.4) is 0 Å². The van der Waals surface area contributed by atoms with Gasteiger partial charge in [0.15, 0.2) is 5.65 Å². The number of imidazole rings is 1. The van der Waals surface area contributed by atoms with Gasteiger partial charge in [0.1, 0.15) is 5.82 Å². The third-order valence-electron chi connectivity index (χ3n) is 3.61. The third kappa shape index (κ3) is 2.76. The van der Waals surface area contributed by atoms with Crippen LogP contribution in [0.5, 0.6) is 0 Å². The summed E-state index contributed by atoms with van der Waals surface area (Å²) in [4.78, 5) is 8.72. The van der Waals surface area contributed by atoms with Crippen molar-refractivity contribution in [3.63, 3.8) is 0 Å². The van der Waals surface area contributed by atoms with Gasteiger partial charge in [-0.05, 0) is 24.3 Å². The molecule has 0 amide bonds. The zero-order chi connectivity index (χ0) is 15.5. The van der Waals surface area contributed by atoms with E-state index in [0.29, 0.717) is 6.54 Å². The maximum atomic E-state index is 4.64.